The molecule has 0 bridgehead atoms. The Hall–Kier alpha value is -4.39. The van der Waals surface area contributed by atoms with Gasteiger partial charge in [0.1, 0.15) is 17.1 Å². The van der Waals surface area contributed by atoms with Crippen molar-refractivity contribution in [3.05, 3.63) is 53.9 Å². The fourth-order valence-electron chi connectivity index (χ4n) is 3.18. The van der Waals surface area contributed by atoms with Crippen molar-refractivity contribution >= 4 is 40.7 Å². The second kappa shape index (κ2) is 11.2. The molecule has 188 valence electrons. The van der Waals surface area contributed by atoms with E-state index < -0.39 is 36.7 Å². The van der Waals surface area contributed by atoms with Crippen LogP contribution < -0.4 is 50.6 Å². The minimum absolute atomic E-state index is 0. The number of nitrogens with zero attached hydrogens (tertiary/aromatic N) is 3. The summed E-state index contributed by atoms with van der Waals surface area (Å²) in [5, 5.41) is 7.29. The van der Waals surface area contributed by atoms with Gasteiger partial charge in [-0.05, 0) is 18.2 Å². The van der Waals surface area contributed by atoms with Crippen LogP contribution >= 0.6 is 0 Å². The van der Waals surface area contributed by atoms with Crippen LogP contribution in [0.15, 0.2) is 36.8 Å². The third-order valence-corrected chi connectivity index (χ3v) is 4.70. The van der Waals surface area contributed by atoms with Gasteiger partial charge in [0, 0.05) is 46.2 Å². The first-order chi connectivity index (χ1) is 17.5. The molecule has 35 heavy (non-hydrogen) atoms. The van der Waals surface area contributed by atoms with Gasteiger partial charge in [0.2, 0.25) is 0 Å². The summed E-state index contributed by atoms with van der Waals surface area (Å²) in [5.41, 5.74) is 17.6. The van der Waals surface area contributed by atoms with Crippen molar-refractivity contribution in [1.29, 1.82) is 0 Å². The number of anilines is 3. The van der Waals surface area contributed by atoms with E-state index in [9.17, 15) is 14.4 Å². The molecule has 0 aliphatic heterocycles. The van der Waals surface area contributed by atoms with Crippen LogP contribution in [-0.4, -0.2) is 50.4 Å². The topological polar surface area (TPSA) is 194 Å². The molecular formula is C21H29ClN10O3. The molecule has 13 nitrogen and oxygen atoms in total. The van der Waals surface area contributed by atoms with Gasteiger partial charge in [-0.15, -0.1) is 0 Å². The summed E-state index contributed by atoms with van der Waals surface area (Å²) >= 11 is 0. The van der Waals surface area contributed by atoms with Gasteiger partial charge in [0.15, 0.2) is 0 Å². The summed E-state index contributed by atoms with van der Waals surface area (Å²) in [6, 6.07) is 4.29. The molecule has 0 aliphatic carbocycles. The zero-order valence-electron chi connectivity index (χ0n) is 23.1. The first-order valence-corrected chi connectivity index (χ1v) is 9.86. The van der Waals surface area contributed by atoms with Gasteiger partial charge < -0.3 is 47.8 Å². The molecule has 3 aromatic heterocycles. The summed E-state index contributed by atoms with van der Waals surface area (Å²) in [6.45, 7) is -5.73. The Bertz CT molecular complexity index is 1440. The van der Waals surface area contributed by atoms with Crippen LogP contribution in [0.2, 0.25) is 0 Å². The molecule has 14 heteroatoms. The predicted molar refractivity (Wildman–Crippen MR) is 128 cm³/mol. The number of nitrogen functional groups attached to an aromatic ring is 1. The van der Waals surface area contributed by atoms with Crippen molar-refractivity contribution in [1.82, 2.24) is 19.0 Å². The first-order valence-electron chi connectivity index (χ1n) is 11.9. The Balaban J connectivity index is 0.00000533. The molecule has 3 heterocycles. The van der Waals surface area contributed by atoms with Gasteiger partial charge in [-0.3, -0.25) is 30.8 Å². The van der Waals surface area contributed by atoms with Crippen LogP contribution in [0.1, 0.15) is 36.9 Å². The van der Waals surface area contributed by atoms with Crippen LogP contribution in [0, 0.1) is 0 Å². The number of hydrogen-bond donors (Lipinski definition) is 7. The zero-order chi connectivity index (χ0) is 28.6. The average molecular weight is 509 g/mol. The van der Waals surface area contributed by atoms with Crippen molar-refractivity contribution < 1.29 is 37.3 Å². The lowest BCUT2D eigenvalue weighted by Crippen LogP contribution is -3.00. The molecule has 0 fully saturated rings. The maximum absolute atomic E-state index is 12.9. The summed E-state index contributed by atoms with van der Waals surface area (Å²) in [6.07, 6.45) is 4.58. The Morgan fingerprint density at radius 3 is 1.77 bits per heavy atom. The minimum atomic E-state index is -2.91. The van der Waals surface area contributed by atoms with Gasteiger partial charge in [-0.1, -0.05) is 0 Å². The highest BCUT2D eigenvalue weighted by atomic mass is 35.5. The van der Waals surface area contributed by atoms with Gasteiger partial charge in [0.25, 0.3) is 17.7 Å². The Labute approximate surface area is 213 Å². The van der Waals surface area contributed by atoms with Crippen LogP contribution in [0.4, 0.5) is 17.1 Å². The van der Waals surface area contributed by atoms with Crippen LogP contribution in [-0.2, 0) is 21.1 Å². The lowest BCUT2D eigenvalue weighted by molar-refractivity contribution is -0.456. The third-order valence-electron chi connectivity index (χ3n) is 4.70. The highest BCUT2D eigenvalue weighted by molar-refractivity contribution is 6.07. The molecule has 0 saturated heterocycles. The lowest BCUT2D eigenvalue weighted by Gasteiger charge is -2.03. The number of carbonyl (C=O) groups is 3. The van der Waals surface area contributed by atoms with Crippen LogP contribution in [0.5, 0.6) is 0 Å². The normalized spacial score (nSPS) is 12.8. The molecule has 0 aliphatic rings. The van der Waals surface area contributed by atoms with E-state index in [0.717, 1.165) is 0 Å². The van der Waals surface area contributed by atoms with E-state index in [1.54, 1.807) is 31.1 Å². The number of halogens is 1. The van der Waals surface area contributed by atoms with E-state index >= 15 is 0 Å². The molecule has 0 unspecified atom stereocenters. The highest BCUT2D eigenvalue weighted by Gasteiger charge is 2.18. The summed E-state index contributed by atoms with van der Waals surface area (Å²) in [7, 11) is 4.79. The maximum Gasteiger partial charge on any atom is 0.338 e. The predicted octanol–water partition coefficient (Wildman–Crippen LogP) is -5.12. The highest BCUT2D eigenvalue weighted by Crippen LogP contribution is 2.18. The van der Waals surface area contributed by atoms with Crippen molar-refractivity contribution in [2.75, 3.05) is 29.4 Å². The summed E-state index contributed by atoms with van der Waals surface area (Å²) < 4.78 is 35.8. The number of rotatable bonds is 8. The molecular weight excluding hydrogens is 476 g/mol. The monoisotopic (exact) mass is 508 g/mol. The van der Waals surface area contributed by atoms with Crippen molar-refractivity contribution in [2.24, 2.45) is 32.6 Å². The van der Waals surface area contributed by atoms with Crippen LogP contribution in [0.25, 0.3) is 0 Å². The number of aryl methyl sites for hydroxylation is 3. The quantitative estimate of drug-likeness (QED) is 0.117. The molecule has 0 spiro atoms. The minimum Gasteiger partial charge on any atom is -1.00 e. The molecule has 3 aromatic rings. The molecule has 10 N–H and O–H groups in total. The van der Waals surface area contributed by atoms with E-state index in [2.05, 4.69) is 10.6 Å². The molecule has 0 saturated carbocycles. The van der Waals surface area contributed by atoms with Crippen molar-refractivity contribution in [2.45, 2.75) is 0 Å². The Kier molecular flexibility index (Phi) is 6.75. The van der Waals surface area contributed by atoms with E-state index in [4.69, 9.17) is 22.7 Å². The van der Waals surface area contributed by atoms with E-state index in [0.29, 0.717) is 17.1 Å². The molecule has 3 amide bonds. The second-order valence-electron chi connectivity index (χ2n) is 7.41. The summed E-state index contributed by atoms with van der Waals surface area (Å²) in [5.74, 6) is -2.47. The average Bonchev–Trinajstić information content (AvgIpc) is 3.42. The Morgan fingerprint density at radius 1 is 0.857 bits per heavy atom. The van der Waals surface area contributed by atoms with Crippen LogP contribution in [0.3, 0.4) is 0 Å². The number of guanidine groups is 1. The van der Waals surface area contributed by atoms with Gasteiger partial charge in [-0.25, -0.2) is 0 Å². The fourth-order valence-corrected chi connectivity index (χ4v) is 3.18. The maximum atomic E-state index is 12.9. The number of amides is 3. The molecule has 0 aromatic carbocycles. The summed E-state index contributed by atoms with van der Waals surface area (Å²) in [4.78, 5) is 40.0. The largest absolute Gasteiger partial charge is 1.00 e. The fraction of sp³-hybridized carbons (Fsp3) is 0.238. The Morgan fingerprint density at radius 2 is 1.31 bits per heavy atom. The smallest absolute Gasteiger partial charge is 0.338 e. The van der Waals surface area contributed by atoms with E-state index in [1.807, 2.05) is 10.3 Å². The SMILES string of the molecule is [2H]C([2H])(NC(=O)c1cc(NC(=O)c2cc(NC(=O)c3cc(N)cn3C)cn2C)cn1C)C([2H])([2H])[NH+]=C(N)N.[Cl-]. The lowest BCUT2D eigenvalue weighted by atomic mass is 10.3. The second-order valence-corrected chi connectivity index (χ2v) is 7.41. The zero-order valence-corrected chi connectivity index (χ0v) is 19.9. The number of nitrogens with two attached hydrogens (primary N) is 3. The molecule has 0 radical (unpaired) electrons. The number of nitrogens with one attached hydrogen (secondary N) is 4. The number of aromatic nitrogens is 3. The van der Waals surface area contributed by atoms with Crippen molar-refractivity contribution in [3.63, 3.8) is 0 Å². The van der Waals surface area contributed by atoms with Gasteiger partial charge >= 0.3 is 5.96 Å². The number of carbonyl (C=O) groups excluding carboxylic acids is 3. The van der Waals surface area contributed by atoms with E-state index in [-0.39, 0.29) is 29.5 Å². The molecule has 3 rings (SSSR count). The third kappa shape index (κ3) is 6.57. The first kappa shape index (κ1) is 21.2. The standard InChI is InChI=1S/C21H28N10O3.ClH/c1-29-9-12(22)6-15(29)19(33)27-14-8-17(31(3)11-14)20(34)28-13-7-16(30(2)10-13)18(32)25-4-5-26-21(23)24;/h6-11H,4-5,22H2,1-3H3,(H,25,32)(H,27,33)(H,28,34)(H4,23,24,26);1H/i4D2,5D2;. The van der Waals surface area contributed by atoms with Gasteiger partial charge in [0.05, 0.1) is 29.0 Å². The van der Waals surface area contributed by atoms with Crippen molar-refractivity contribution in [3.8, 4) is 0 Å². The van der Waals surface area contributed by atoms with Gasteiger partial charge in [-0.2, -0.15) is 0 Å². The number of hydrogen-bond acceptors (Lipinski definition) is 4. The molecule has 0 atom stereocenters. The van der Waals surface area contributed by atoms with E-state index in [1.165, 1.54) is 40.6 Å².